The lowest BCUT2D eigenvalue weighted by molar-refractivity contribution is 0.159. The molecule has 0 aliphatic carbocycles. The summed E-state index contributed by atoms with van der Waals surface area (Å²) < 4.78 is 0. The van der Waals surface area contributed by atoms with Crippen molar-refractivity contribution in [2.24, 2.45) is 0 Å². The first kappa shape index (κ1) is 48.9. The SMILES string of the molecule is CCCC(O)CC.CCCC(O)CC.CCCC(O)CC.CCCC(O)CC.c1ccc(Cc2ccccc2)cc1.c1ccccc1. The molecule has 0 fully saturated rings. The number of hydrogen-bond donors (Lipinski definition) is 4. The van der Waals surface area contributed by atoms with E-state index in [9.17, 15) is 0 Å². The number of hydrogen-bond acceptors (Lipinski definition) is 4. The Hall–Kier alpha value is -2.50. The number of rotatable bonds is 14. The molecule has 4 atom stereocenters. The lowest BCUT2D eigenvalue weighted by Gasteiger charge is -2.01. The van der Waals surface area contributed by atoms with Crippen LogP contribution in [0.2, 0.25) is 0 Å². The van der Waals surface area contributed by atoms with Crippen LogP contribution in [0.1, 0.15) is 144 Å². The van der Waals surface area contributed by atoms with Gasteiger partial charge in [0, 0.05) is 0 Å². The van der Waals surface area contributed by atoms with Gasteiger partial charge in [0.1, 0.15) is 0 Å². The standard InChI is InChI=1S/C13H12.4C6H14O.C6H6/c1-3-7-12(8-4-1)11-13-9-5-2-6-10-13;4*1-3-5-6(7)4-2;1-2-4-6-5-3-1/h1-10H,11H2;4*6-7H,3-5H2,1-2H3;1-6H. The maximum atomic E-state index is 8.86. The first-order chi connectivity index (χ1) is 22.7. The number of aliphatic hydroxyl groups is 4. The summed E-state index contributed by atoms with van der Waals surface area (Å²) in [5.41, 5.74) is 2.74. The maximum Gasteiger partial charge on any atom is 0.0537 e. The van der Waals surface area contributed by atoms with E-state index in [1.54, 1.807) is 0 Å². The highest BCUT2D eigenvalue weighted by molar-refractivity contribution is 5.25. The Kier molecular flexibility index (Phi) is 41.3. The quantitative estimate of drug-likeness (QED) is 0.139. The van der Waals surface area contributed by atoms with Crippen molar-refractivity contribution in [2.75, 3.05) is 0 Å². The van der Waals surface area contributed by atoms with Gasteiger partial charge in [0.15, 0.2) is 0 Å². The van der Waals surface area contributed by atoms with Crippen molar-refractivity contribution < 1.29 is 20.4 Å². The van der Waals surface area contributed by atoms with Crippen LogP contribution >= 0.6 is 0 Å². The molecule has 0 spiro atoms. The molecule has 0 amide bonds. The molecule has 0 saturated heterocycles. The van der Waals surface area contributed by atoms with Gasteiger partial charge in [0.05, 0.1) is 24.4 Å². The summed E-state index contributed by atoms with van der Waals surface area (Å²) in [6, 6.07) is 33.1. The predicted molar refractivity (Wildman–Crippen MR) is 207 cm³/mol. The molecular formula is C43H74O4. The van der Waals surface area contributed by atoms with Crippen molar-refractivity contribution in [3.05, 3.63) is 108 Å². The highest BCUT2D eigenvalue weighted by Gasteiger charge is 1.96. The van der Waals surface area contributed by atoms with Gasteiger partial charge in [-0.15, -0.1) is 0 Å². The Labute approximate surface area is 291 Å². The van der Waals surface area contributed by atoms with Crippen molar-refractivity contribution in [3.63, 3.8) is 0 Å². The minimum Gasteiger partial charge on any atom is -0.393 e. The second kappa shape index (κ2) is 39.7. The topological polar surface area (TPSA) is 80.9 Å². The van der Waals surface area contributed by atoms with Crippen LogP contribution in [0.5, 0.6) is 0 Å². The van der Waals surface area contributed by atoms with Crippen molar-refractivity contribution in [3.8, 4) is 0 Å². The van der Waals surface area contributed by atoms with Crippen LogP contribution in [-0.2, 0) is 6.42 Å². The van der Waals surface area contributed by atoms with Crippen LogP contribution in [0.4, 0.5) is 0 Å². The Balaban J connectivity index is -0.000000510. The van der Waals surface area contributed by atoms with E-state index >= 15 is 0 Å². The fourth-order valence-corrected chi connectivity index (χ4v) is 3.96. The average molecular weight is 655 g/mol. The van der Waals surface area contributed by atoms with E-state index in [1.807, 2.05) is 64.1 Å². The summed E-state index contributed by atoms with van der Waals surface area (Å²) in [4.78, 5) is 0. The van der Waals surface area contributed by atoms with Crippen molar-refractivity contribution in [1.29, 1.82) is 0 Å². The largest absolute Gasteiger partial charge is 0.393 e. The van der Waals surface area contributed by atoms with Gasteiger partial charge in [-0.1, -0.05) is 178 Å². The van der Waals surface area contributed by atoms with Gasteiger partial charge in [0.2, 0.25) is 0 Å². The normalized spacial score (nSPS) is 12.2. The molecule has 0 aliphatic heterocycles. The smallest absolute Gasteiger partial charge is 0.0537 e. The third kappa shape index (κ3) is 39.6. The van der Waals surface area contributed by atoms with E-state index in [2.05, 4.69) is 88.4 Å². The second-order valence-electron chi connectivity index (χ2n) is 11.7. The number of benzene rings is 3. The molecule has 0 aromatic heterocycles. The molecule has 0 saturated carbocycles. The van der Waals surface area contributed by atoms with Crippen LogP contribution in [0.15, 0.2) is 97.1 Å². The minimum absolute atomic E-state index is 0.0509. The molecule has 4 unspecified atom stereocenters. The zero-order chi connectivity index (χ0) is 36.0. The molecule has 3 rings (SSSR count). The Morgan fingerprint density at radius 1 is 0.340 bits per heavy atom. The van der Waals surface area contributed by atoms with Crippen LogP contribution in [0, 0.1) is 0 Å². The Morgan fingerprint density at radius 3 is 0.681 bits per heavy atom. The fraction of sp³-hybridized carbons (Fsp3) is 0.581. The van der Waals surface area contributed by atoms with Crippen molar-refractivity contribution >= 4 is 0 Å². The Morgan fingerprint density at radius 2 is 0.532 bits per heavy atom. The molecule has 0 bridgehead atoms. The molecule has 47 heavy (non-hydrogen) atoms. The van der Waals surface area contributed by atoms with Crippen molar-refractivity contribution in [1.82, 2.24) is 0 Å². The van der Waals surface area contributed by atoms with Gasteiger partial charge in [-0.3, -0.25) is 0 Å². The monoisotopic (exact) mass is 655 g/mol. The van der Waals surface area contributed by atoms with E-state index in [1.165, 1.54) is 11.1 Å². The summed E-state index contributed by atoms with van der Waals surface area (Å²) >= 11 is 0. The maximum absolute atomic E-state index is 8.86. The molecule has 4 heteroatoms. The second-order valence-corrected chi connectivity index (χ2v) is 11.7. The summed E-state index contributed by atoms with van der Waals surface area (Å²) in [6.07, 6.45) is 12.6. The summed E-state index contributed by atoms with van der Waals surface area (Å²) in [5.74, 6) is 0. The van der Waals surface area contributed by atoms with Crippen LogP contribution < -0.4 is 0 Å². The zero-order valence-electron chi connectivity index (χ0n) is 31.5. The van der Waals surface area contributed by atoms with E-state index < -0.39 is 0 Å². The van der Waals surface area contributed by atoms with Crippen molar-refractivity contribution in [2.45, 2.75) is 163 Å². The average Bonchev–Trinajstić information content (AvgIpc) is 3.11. The molecule has 4 N–H and O–H groups in total. The molecular weight excluding hydrogens is 580 g/mol. The first-order valence-electron chi connectivity index (χ1n) is 18.5. The third-order valence-electron chi connectivity index (χ3n) is 7.13. The molecule has 0 heterocycles. The molecule has 3 aromatic rings. The van der Waals surface area contributed by atoms with Crippen LogP contribution in [0.25, 0.3) is 0 Å². The third-order valence-corrected chi connectivity index (χ3v) is 7.13. The van der Waals surface area contributed by atoms with E-state index in [0.29, 0.717) is 0 Å². The number of aliphatic hydroxyl groups excluding tert-OH is 4. The molecule has 0 aliphatic rings. The van der Waals surface area contributed by atoms with E-state index in [4.69, 9.17) is 20.4 Å². The minimum atomic E-state index is -0.0509. The van der Waals surface area contributed by atoms with Gasteiger partial charge in [0.25, 0.3) is 0 Å². The molecule has 0 radical (unpaired) electrons. The van der Waals surface area contributed by atoms with Gasteiger partial charge >= 0.3 is 0 Å². The molecule has 4 nitrogen and oxygen atoms in total. The summed E-state index contributed by atoms with van der Waals surface area (Å²) in [7, 11) is 0. The van der Waals surface area contributed by atoms with Crippen LogP contribution in [0.3, 0.4) is 0 Å². The van der Waals surface area contributed by atoms with Gasteiger partial charge < -0.3 is 20.4 Å². The Bertz CT molecular complexity index is 808. The van der Waals surface area contributed by atoms with E-state index in [-0.39, 0.29) is 24.4 Å². The predicted octanol–water partition coefficient (Wildman–Crippen LogP) is 11.2. The molecule has 270 valence electrons. The lowest BCUT2D eigenvalue weighted by Crippen LogP contribution is -2.01. The summed E-state index contributed by atoms with van der Waals surface area (Å²) in [6.45, 7) is 16.3. The molecule has 3 aromatic carbocycles. The first-order valence-corrected chi connectivity index (χ1v) is 18.5. The lowest BCUT2D eigenvalue weighted by atomic mass is 10.1. The highest BCUT2D eigenvalue weighted by atomic mass is 16.3. The van der Waals surface area contributed by atoms with Gasteiger partial charge in [-0.05, 0) is 68.9 Å². The summed E-state index contributed by atoms with van der Waals surface area (Å²) in [5, 5.41) is 35.4. The fourth-order valence-electron chi connectivity index (χ4n) is 3.96. The van der Waals surface area contributed by atoms with E-state index in [0.717, 1.165) is 83.5 Å². The van der Waals surface area contributed by atoms with Gasteiger partial charge in [-0.25, -0.2) is 0 Å². The zero-order valence-corrected chi connectivity index (χ0v) is 31.5. The highest BCUT2D eigenvalue weighted by Crippen LogP contribution is 2.08. The van der Waals surface area contributed by atoms with Gasteiger partial charge in [-0.2, -0.15) is 0 Å². The van der Waals surface area contributed by atoms with Crippen LogP contribution in [-0.4, -0.2) is 44.8 Å².